The number of benzene rings is 1. The van der Waals surface area contributed by atoms with Crippen LogP contribution in [0.3, 0.4) is 0 Å². The molecule has 2 rings (SSSR count). The lowest BCUT2D eigenvalue weighted by atomic mass is 10.1. The van der Waals surface area contributed by atoms with Gasteiger partial charge >= 0.3 is 0 Å². The zero-order chi connectivity index (χ0) is 13.1. The van der Waals surface area contributed by atoms with Gasteiger partial charge in [-0.2, -0.15) is 5.26 Å². The van der Waals surface area contributed by atoms with Gasteiger partial charge in [0.2, 0.25) is 0 Å². The summed E-state index contributed by atoms with van der Waals surface area (Å²) in [4.78, 5) is 13.8. The molecule has 5 nitrogen and oxygen atoms in total. The minimum Gasteiger partial charge on any atom is -0.507 e. The second kappa shape index (κ2) is 5.07. The SMILES string of the molecule is Cc1ccc(C(=O)N2CCNCC2C#N)c(O)c1. The molecule has 0 spiro atoms. The van der Waals surface area contributed by atoms with Crippen LogP contribution < -0.4 is 5.32 Å². The molecule has 1 saturated heterocycles. The van der Waals surface area contributed by atoms with E-state index in [9.17, 15) is 9.90 Å². The summed E-state index contributed by atoms with van der Waals surface area (Å²) >= 11 is 0. The molecule has 2 N–H and O–H groups in total. The lowest BCUT2D eigenvalue weighted by Gasteiger charge is -2.32. The van der Waals surface area contributed by atoms with Crippen molar-refractivity contribution in [3.05, 3.63) is 29.3 Å². The summed E-state index contributed by atoms with van der Waals surface area (Å²) in [7, 11) is 0. The maximum atomic E-state index is 12.3. The summed E-state index contributed by atoms with van der Waals surface area (Å²) in [5.74, 6) is -0.323. The molecule has 1 aliphatic heterocycles. The molecule has 5 heteroatoms. The maximum absolute atomic E-state index is 12.3. The monoisotopic (exact) mass is 245 g/mol. The average Bonchev–Trinajstić information content (AvgIpc) is 2.38. The van der Waals surface area contributed by atoms with E-state index in [1.54, 1.807) is 18.2 Å². The predicted molar refractivity (Wildman–Crippen MR) is 66.2 cm³/mol. The highest BCUT2D eigenvalue weighted by Crippen LogP contribution is 2.21. The van der Waals surface area contributed by atoms with Gasteiger partial charge in [0, 0.05) is 19.6 Å². The number of nitriles is 1. The smallest absolute Gasteiger partial charge is 0.258 e. The van der Waals surface area contributed by atoms with E-state index in [0.717, 1.165) is 5.56 Å². The second-order valence-electron chi connectivity index (χ2n) is 4.37. The molecular formula is C13H15N3O2. The van der Waals surface area contributed by atoms with E-state index in [1.807, 2.05) is 6.92 Å². The topological polar surface area (TPSA) is 76.4 Å². The van der Waals surface area contributed by atoms with Crippen LogP contribution in [-0.2, 0) is 0 Å². The van der Waals surface area contributed by atoms with Crippen molar-refractivity contribution in [3.8, 4) is 11.8 Å². The van der Waals surface area contributed by atoms with Gasteiger partial charge in [-0.3, -0.25) is 4.79 Å². The lowest BCUT2D eigenvalue weighted by Crippen LogP contribution is -2.53. The van der Waals surface area contributed by atoms with Crippen LogP contribution in [0.25, 0.3) is 0 Å². The van der Waals surface area contributed by atoms with Gasteiger partial charge in [0.25, 0.3) is 5.91 Å². The zero-order valence-corrected chi connectivity index (χ0v) is 10.2. The fraction of sp³-hybridized carbons (Fsp3) is 0.385. The van der Waals surface area contributed by atoms with E-state index >= 15 is 0 Å². The quantitative estimate of drug-likeness (QED) is 0.761. The van der Waals surface area contributed by atoms with Crippen molar-refractivity contribution in [2.75, 3.05) is 19.6 Å². The number of rotatable bonds is 1. The van der Waals surface area contributed by atoms with Crippen molar-refractivity contribution in [3.63, 3.8) is 0 Å². The van der Waals surface area contributed by atoms with E-state index in [0.29, 0.717) is 19.6 Å². The number of nitrogens with zero attached hydrogens (tertiary/aromatic N) is 2. The number of carbonyl (C=O) groups excluding carboxylic acids is 1. The molecular weight excluding hydrogens is 230 g/mol. The van der Waals surface area contributed by atoms with Crippen LogP contribution in [0.4, 0.5) is 0 Å². The Hall–Kier alpha value is -2.06. The standard InChI is InChI=1S/C13H15N3O2/c1-9-2-3-11(12(17)6-9)13(18)16-5-4-15-8-10(16)7-14/h2-3,6,10,15,17H,4-5,8H2,1H3. The number of amides is 1. The third kappa shape index (κ3) is 2.29. The van der Waals surface area contributed by atoms with Crippen LogP contribution in [0.15, 0.2) is 18.2 Å². The molecule has 1 atom stereocenters. The Bertz CT molecular complexity index is 507. The van der Waals surface area contributed by atoms with Gasteiger partial charge < -0.3 is 15.3 Å². The number of phenols is 1. The van der Waals surface area contributed by atoms with Crippen molar-refractivity contribution in [2.24, 2.45) is 0 Å². The normalized spacial score (nSPS) is 19.3. The van der Waals surface area contributed by atoms with Gasteiger partial charge in [-0.15, -0.1) is 0 Å². The number of carbonyl (C=O) groups is 1. The van der Waals surface area contributed by atoms with E-state index in [4.69, 9.17) is 5.26 Å². The van der Waals surface area contributed by atoms with Crippen molar-refractivity contribution in [1.82, 2.24) is 10.2 Å². The summed E-state index contributed by atoms with van der Waals surface area (Å²) in [6, 6.07) is 6.54. The molecule has 1 unspecified atom stereocenters. The summed E-state index contributed by atoms with van der Waals surface area (Å²) in [5.41, 5.74) is 1.14. The molecule has 94 valence electrons. The highest BCUT2D eigenvalue weighted by Gasteiger charge is 2.28. The summed E-state index contributed by atoms with van der Waals surface area (Å²) < 4.78 is 0. The highest BCUT2D eigenvalue weighted by atomic mass is 16.3. The third-order valence-electron chi connectivity index (χ3n) is 3.04. The molecule has 1 aliphatic rings. The largest absolute Gasteiger partial charge is 0.507 e. The Morgan fingerprint density at radius 3 is 3.06 bits per heavy atom. The van der Waals surface area contributed by atoms with E-state index in [-0.39, 0.29) is 17.2 Å². The van der Waals surface area contributed by atoms with Crippen LogP contribution in [0, 0.1) is 18.3 Å². The first-order chi connectivity index (χ1) is 8.63. The fourth-order valence-electron chi connectivity index (χ4n) is 2.04. The number of piperazine rings is 1. The highest BCUT2D eigenvalue weighted by molar-refractivity contribution is 5.97. The molecule has 1 fully saturated rings. The van der Waals surface area contributed by atoms with Crippen LogP contribution in [0.5, 0.6) is 5.75 Å². The molecule has 1 amide bonds. The Kier molecular flexibility index (Phi) is 3.49. The van der Waals surface area contributed by atoms with Crippen LogP contribution in [-0.4, -0.2) is 41.6 Å². The van der Waals surface area contributed by atoms with Crippen LogP contribution >= 0.6 is 0 Å². The van der Waals surface area contributed by atoms with E-state index < -0.39 is 6.04 Å². The number of phenolic OH excluding ortho intramolecular Hbond substituents is 1. The first-order valence-electron chi connectivity index (χ1n) is 5.84. The number of aromatic hydroxyl groups is 1. The molecule has 1 heterocycles. The molecule has 0 saturated carbocycles. The Morgan fingerprint density at radius 1 is 1.61 bits per heavy atom. The molecule has 1 aromatic carbocycles. The van der Waals surface area contributed by atoms with Gasteiger partial charge in [0.15, 0.2) is 0 Å². The minimum absolute atomic E-state index is 0.0322. The van der Waals surface area contributed by atoms with E-state index in [2.05, 4.69) is 11.4 Å². The van der Waals surface area contributed by atoms with Crippen molar-refractivity contribution >= 4 is 5.91 Å². The number of hydrogen-bond acceptors (Lipinski definition) is 4. The van der Waals surface area contributed by atoms with Crippen LogP contribution in [0.1, 0.15) is 15.9 Å². The second-order valence-corrected chi connectivity index (χ2v) is 4.37. The number of aryl methyl sites for hydroxylation is 1. The molecule has 0 bridgehead atoms. The Morgan fingerprint density at radius 2 is 2.39 bits per heavy atom. The maximum Gasteiger partial charge on any atom is 0.258 e. The predicted octanol–water partition coefficient (Wildman–Crippen LogP) is 0.638. The molecule has 0 aliphatic carbocycles. The zero-order valence-electron chi connectivity index (χ0n) is 10.2. The summed E-state index contributed by atoms with van der Waals surface area (Å²) in [6.45, 7) is 3.45. The van der Waals surface area contributed by atoms with Gasteiger partial charge in [-0.05, 0) is 24.6 Å². The van der Waals surface area contributed by atoms with Gasteiger partial charge in [0.05, 0.1) is 11.6 Å². The first-order valence-corrected chi connectivity index (χ1v) is 5.84. The average molecular weight is 245 g/mol. The van der Waals surface area contributed by atoms with Gasteiger partial charge in [-0.1, -0.05) is 6.07 Å². The first kappa shape index (κ1) is 12.4. The number of hydrogen-bond donors (Lipinski definition) is 2. The molecule has 1 aromatic rings. The Labute approximate surface area is 106 Å². The van der Waals surface area contributed by atoms with Gasteiger partial charge in [0.1, 0.15) is 11.8 Å². The molecule has 0 radical (unpaired) electrons. The van der Waals surface area contributed by atoms with Crippen molar-refractivity contribution in [2.45, 2.75) is 13.0 Å². The lowest BCUT2D eigenvalue weighted by molar-refractivity contribution is 0.0684. The Balaban J connectivity index is 2.27. The third-order valence-corrected chi connectivity index (χ3v) is 3.04. The fourth-order valence-corrected chi connectivity index (χ4v) is 2.04. The van der Waals surface area contributed by atoms with Crippen molar-refractivity contribution < 1.29 is 9.90 Å². The molecule has 0 aromatic heterocycles. The summed E-state index contributed by atoms with van der Waals surface area (Å²) in [5, 5.41) is 21.9. The minimum atomic E-state index is -0.480. The number of nitrogens with one attached hydrogen (secondary N) is 1. The van der Waals surface area contributed by atoms with Gasteiger partial charge in [-0.25, -0.2) is 0 Å². The molecule has 18 heavy (non-hydrogen) atoms. The van der Waals surface area contributed by atoms with Crippen LogP contribution in [0.2, 0.25) is 0 Å². The summed E-state index contributed by atoms with van der Waals surface area (Å²) in [6.07, 6.45) is 0. The van der Waals surface area contributed by atoms with Crippen molar-refractivity contribution in [1.29, 1.82) is 5.26 Å². The van der Waals surface area contributed by atoms with E-state index in [1.165, 1.54) is 4.90 Å².